The maximum Gasteiger partial charge on any atom is 0.363 e. The van der Waals surface area contributed by atoms with Crippen molar-refractivity contribution in [3.05, 3.63) is 100 Å². The number of halogens is 2. The SMILES string of the molecule is O=C1OC(c2ccc(-c3ccccc3)cc2)=NC1=Cc1c(F)cccc1Cl. The van der Waals surface area contributed by atoms with Crippen LogP contribution >= 0.6 is 11.6 Å². The molecule has 0 radical (unpaired) electrons. The van der Waals surface area contributed by atoms with Crippen LogP contribution in [0.1, 0.15) is 11.1 Å². The van der Waals surface area contributed by atoms with Gasteiger partial charge in [0.1, 0.15) is 5.82 Å². The van der Waals surface area contributed by atoms with E-state index in [0.717, 1.165) is 11.1 Å². The normalized spacial score (nSPS) is 15.0. The first kappa shape index (κ1) is 17.2. The lowest BCUT2D eigenvalue weighted by Gasteiger charge is -2.03. The van der Waals surface area contributed by atoms with Crippen LogP contribution in [-0.2, 0) is 9.53 Å². The summed E-state index contributed by atoms with van der Waals surface area (Å²) >= 11 is 6.00. The van der Waals surface area contributed by atoms with Crippen molar-refractivity contribution in [2.24, 2.45) is 4.99 Å². The van der Waals surface area contributed by atoms with Crippen LogP contribution in [0.4, 0.5) is 4.39 Å². The molecule has 4 rings (SSSR count). The van der Waals surface area contributed by atoms with Gasteiger partial charge in [-0.2, -0.15) is 0 Å². The highest BCUT2D eigenvalue weighted by Gasteiger charge is 2.25. The second-order valence-corrected chi connectivity index (χ2v) is 6.32. The Balaban J connectivity index is 1.64. The zero-order valence-corrected chi connectivity index (χ0v) is 14.8. The van der Waals surface area contributed by atoms with E-state index >= 15 is 0 Å². The van der Waals surface area contributed by atoms with Gasteiger partial charge in [-0.25, -0.2) is 14.2 Å². The maximum absolute atomic E-state index is 13.9. The first-order valence-electron chi connectivity index (χ1n) is 8.24. The van der Waals surface area contributed by atoms with E-state index in [-0.39, 0.29) is 22.2 Å². The molecule has 3 aromatic carbocycles. The largest absolute Gasteiger partial charge is 0.402 e. The summed E-state index contributed by atoms with van der Waals surface area (Å²) in [7, 11) is 0. The van der Waals surface area contributed by atoms with E-state index in [9.17, 15) is 9.18 Å². The van der Waals surface area contributed by atoms with Gasteiger partial charge in [-0.1, -0.05) is 60.1 Å². The smallest absolute Gasteiger partial charge is 0.363 e. The van der Waals surface area contributed by atoms with Gasteiger partial charge in [-0.05, 0) is 41.5 Å². The molecule has 0 bridgehead atoms. The lowest BCUT2D eigenvalue weighted by atomic mass is 10.0. The second-order valence-electron chi connectivity index (χ2n) is 5.91. The summed E-state index contributed by atoms with van der Waals surface area (Å²) < 4.78 is 19.2. The monoisotopic (exact) mass is 377 g/mol. The minimum Gasteiger partial charge on any atom is -0.402 e. The Kier molecular flexibility index (Phi) is 4.57. The lowest BCUT2D eigenvalue weighted by molar-refractivity contribution is -0.129. The van der Waals surface area contributed by atoms with Crippen molar-refractivity contribution in [1.82, 2.24) is 0 Å². The predicted molar refractivity (Wildman–Crippen MR) is 104 cm³/mol. The Morgan fingerprint density at radius 2 is 1.52 bits per heavy atom. The highest BCUT2D eigenvalue weighted by atomic mass is 35.5. The molecule has 0 unspecified atom stereocenters. The minimum atomic E-state index is -0.642. The molecule has 5 heteroatoms. The molecule has 0 aromatic heterocycles. The highest BCUT2D eigenvalue weighted by Crippen LogP contribution is 2.26. The molecule has 132 valence electrons. The van der Waals surface area contributed by atoms with Crippen molar-refractivity contribution in [2.45, 2.75) is 0 Å². The molecule has 0 saturated carbocycles. The van der Waals surface area contributed by atoms with Crippen molar-refractivity contribution in [1.29, 1.82) is 0 Å². The zero-order chi connectivity index (χ0) is 18.8. The van der Waals surface area contributed by atoms with E-state index in [1.165, 1.54) is 18.2 Å². The summed E-state index contributed by atoms with van der Waals surface area (Å²) in [5.74, 6) is -0.992. The van der Waals surface area contributed by atoms with E-state index in [1.807, 2.05) is 54.6 Å². The van der Waals surface area contributed by atoms with Crippen LogP contribution < -0.4 is 0 Å². The zero-order valence-electron chi connectivity index (χ0n) is 14.0. The summed E-state index contributed by atoms with van der Waals surface area (Å²) in [6.45, 7) is 0. The number of hydrogen-bond acceptors (Lipinski definition) is 3. The number of hydrogen-bond donors (Lipinski definition) is 0. The van der Waals surface area contributed by atoms with E-state index < -0.39 is 11.8 Å². The van der Waals surface area contributed by atoms with E-state index in [1.54, 1.807) is 6.07 Å². The van der Waals surface area contributed by atoms with Gasteiger partial charge in [0, 0.05) is 11.1 Å². The van der Waals surface area contributed by atoms with Gasteiger partial charge in [-0.15, -0.1) is 0 Å². The first-order valence-corrected chi connectivity index (χ1v) is 8.62. The first-order chi connectivity index (χ1) is 13.1. The van der Waals surface area contributed by atoms with Crippen LogP contribution in [0.2, 0.25) is 5.02 Å². The van der Waals surface area contributed by atoms with Gasteiger partial charge in [0.25, 0.3) is 0 Å². The fraction of sp³-hybridized carbons (Fsp3) is 0. The predicted octanol–water partition coefficient (Wildman–Crippen LogP) is 5.49. The third-order valence-electron chi connectivity index (χ3n) is 4.14. The summed E-state index contributed by atoms with van der Waals surface area (Å²) in [5, 5.41) is 0.200. The Bertz CT molecular complexity index is 1050. The molecule has 0 aliphatic carbocycles. The molecule has 1 aliphatic heterocycles. The van der Waals surface area contributed by atoms with E-state index in [2.05, 4.69) is 4.99 Å². The number of esters is 1. The molecule has 0 atom stereocenters. The molecule has 0 fully saturated rings. The number of ether oxygens (including phenoxy) is 1. The quantitative estimate of drug-likeness (QED) is 0.447. The average molecular weight is 378 g/mol. The number of carbonyl (C=O) groups is 1. The molecule has 0 saturated heterocycles. The van der Waals surface area contributed by atoms with Gasteiger partial charge >= 0.3 is 5.97 Å². The molecule has 0 spiro atoms. The van der Waals surface area contributed by atoms with Crippen LogP contribution in [0.5, 0.6) is 0 Å². The van der Waals surface area contributed by atoms with Crippen LogP contribution in [0.25, 0.3) is 17.2 Å². The molecule has 27 heavy (non-hydrogen) atoms. The number of aliphatic imine (C=N–C) groups is 1. The summed E-state index contributed by atoms with van der Waals surface area (Å²) in [6.07, 6.45) is 1.30. The fourth-order valence-corrected chi connectivity index (χ4v) is 2.97. The Labute approximate surface area is 160 Å². The van der Waals surface area contributed by atoms with Gasteiger partial charge in [0.15, 0.2) is 5.70 Å². The van der Waals surface area contributed by atoms with Crippen molar-refractivity contribution in [2.75, 3.05) is 0 Å². The fourth-order valence-electron chi connectivity index (χ4n) is 2.75. The Morgan fingerprint density at radius 3 is 2.22 bits per heavy atom. The second kappa shape index (κ2) is 7.17. The molecular formula is C22H13ClFNO2. The molecule has 3 aromatic rings. The van der Waals surface area contributed by atoms with Crippen molar-refractivity contribution in [3.8, 4) is 11.1 Å². The standard InChI is InChI=1S/C22H13ClFNO2/c23-18-7-4-8-19(24)17(18)13-20-22(26)27-21(25-20)16-11-9-15(10-12-16)14-5-2-1-3-6-14/h1-13H. The summed E-state index contributed by atoms with van der Waals surface area (Å²) in [5.41, 5.74) is 2.90. The number of nitrogens with zero attached hydrogens (tertiary/aromatic N) is 1. The van der Waals surface area contributed by atoms with Crippen molar-refractivity contribution >= 4 is 29.5 Å². The van der Waals surface area contributed by atoms with Gasteiger partial charge in [-0.3, -0.25) is 0 Å². The maximum atomic E-state index is 13.9. The molecule has 1 heterocycles. The van der Waals surface area contributed by atoms with E-state index in [0.29, 0.717) is 5.56 Å². The van der Waals surface area contributed by atoms with Crippen LogP contribution in [0.3, 0.4) is 0 Å². The molecule has 0 amide bonds. The lowest BCUT2D eigenvalue weighted by Crippen LogP contribution is -2.05. The number of benzene rings is 3. The third kappa shape index (κ3) is 3.52. The summed E-state index contributed by atoms with van der Waals surface area (Å²) in [4.78, 5) is 16.3. The number of cyclic esters (lactones) is 1. The van der Waals surface area contributed by atoms with Gasteiger partial charge < -0.3 is 4.74 Å². The van der Waals surface area contributed by atoms with Crippen LogP contribution in [0, 0.1) is 5.82 Å². The van der Waals surface area contributed by atoms with Crippen LogP contribution in [-0.4, -0.2) is 11.9 Å². The topological polar surface area (TPSA) is 38.7 Å². The molecule has 0 N–H and O–H groups in total. The molecule has 1 aliphatic rings. The van der Waals surface area contributed by atoms with Gasteiger partial charge in [0.2, 0.25) is 5.90 Å². The molecular weight excluding hydrogens is 365 g/mol. The Morgan fingerprint density at radius 1 is 0.852 bits per heavy atom. The third-order valence-corrected chi connectivity index (χ3v) is 4.47. The van der Waals surface area contributed by atoms with E-state index in [4.69, 9.17) is 16.3 Å². The number of rotatable bonds is 3. The van der Waals surface area contributed by atoms with Gasteiger partial charge in [0.05, 0.1) is 5.02 Å². The Hall–Kier alpha value is -3.24. The highest BCUT2D eigenvalue weighted by molar-refractivity contribution is 6.32. The van der Waals surface area contributed by atoms with Crippen molar-refractivity contribution in [3.63, 3.8) is 0 Å². The molecule has 3 nitrogen and oxygen atoms in total. The van der Waals surface area contributed by atoms with Crippen molar-refractivity contribution < 1.29 is 13.9 Å². The summed E-state index contributed by atoms with van der Waals surface area (Å²) in [6, 6.07) is 21.7. The van der Waals surface area contributed by atoms with Crippen LogP contribution in [0.15, 0.2) is 83.5 Å². The minimum absolute atomic E-state index is 0.00383. The number of carbonyl (C=O) groups excluding carboxylic acids is 1. The average Bonchev–Trinajstić information content (AvgIpc) is 3.06.